The van der Waals surface area contributed by atoms with E-state index < -0.39 is 0 Å². The molecule has 0 saturated carbocycles. The maximum absolute atomic E-state index is 4.56. The van der Waals surface area contributed by atoms with Crippen molar-refractivity contribution in [2.75, 3.05) is 0 Å². The van der Waals surface area contributed by atoms with Crippen molar-refractivity contribution in [2.24, 2.45) is 17.3 Å². The van der Waals surface area contributed by atoms with Crippen molar-refractivity contribution >= 4 is 22.4 Å². The lowest BCUT2D eigenvalue weighted by Gasteiger charge is -2.02. The molecule has 0 aliphatic carbocycles. The molecule has 1 N–H and O–H groups in total. The summed E-state index contributed by atoms with van der Waals surface area (Å²) < 4.78 is 4.13. The van der Waals surface area contributed by atoms with Crippen LogP contribution in [0.4, 0.5) is 11.5 Å². The molecule has 2 heterocycles. The van der Waals surface area contributed by atoms with Gasteiger partial charge in [-0.25, -0.2) is 4.68 Å². The molecule has 0 atom stereocenters. The third-order valence-corrected chi connectivity index (χ3v) is 4.48. The van der Waals surface area contributed by atoms with E-state index in [0.29, 0.717) is 0 Å². The van der Waals surface area contributed by atoms with Crippen LogP contribution < -0.4 is 4.68 Å². The average molecular weight is 330 g/mol. The number of hydrogen-bond acceptors (Lipinski definition) is 2. The highest BCUT2D eigenvalue weighted by Gasteiger charge is 2.20. The molecule has 2 aromatic heterocycles. The number of benzene rings is 2. The number of rotatable bonds is 3. The molecule has 25 heavy (non-hydrogen) atoms. The first kappa shape index (κ1) is 15.3. The van der Waals surface area contributed by atoms with Gasteiger partial charge in [0.1, 0.15) is 5.69 Å². The number of aromatic nitrogens is 3. The van der Waals surface area contributed by atoms with E-state index in [4.69, 9.17) is 0 Å². The molecule has 0 amide bonds. The number of H-pyrrole nitrogens is 1. The number of para-hydroxylation sites is 2. The number of aryl methyl sites for hydroxylation is 2. The summed E-state index contributed by atoms with van der Waals surface area (Å²) in [7, 11) is 2.03. The van der Waals surface area contributed by atoms with Crippen molar-refractivity contribution < 1.29 is 4.68 Å². The van der Waals surface area contributed by atoms with Crippen LogP contribution in [0.3, 0.4) is 0 Å². The van der Waals surface area contributed by atoms with Gasteiger partial charge >= 0.3 is 5.82 Å². The Bertz CT molecular complexity index is 1070. The molecule has 0 unspecified atom stereocenters. The minimum absolute atomic E-state index is 0.802. The number of nitrogens with zero attached hydrogens (tertiary/aromatic N) is 4. The van der Waals surface area contributed by atoms with Gasteiger partial charge in [-0.2, -0.15) is 0 Å². The summed E-state index contributed by atoms with van der Waals surface area (Å²) in [4.78, 5) is 3.36. The molecule has 4 aromatic rings. The van der Waals surface area contributed by atoms with Gasteiger partial charge in [0.25, 0.3) is 0 Å². The molecule has 2 aromatic carbocycles. The third-order valence-electron chi connectivity index (χ3n) is 4.48. The Hall–Kier alpha value is -3.21. The van der Waals surface area contributed by atoms with E-state index in [-0.39, 0.29) is 0 Å². The summed E-state index contributed by atoms with van der Waals surface area (Å²) in [6, 6.07) is 20.4. The van der Waals surface area contributed by atoms with E-state index in [1.165, 1.54) is 0 Å². The van der Waals surface area contributed by atoms with Crippen LogP contribution in [-0.4, -0.2) is 9.67 Å². The van der Waals surface area contributed by atoms with Crippen LogP contribution in [0.15, 0.2) is 70.9 Å². The molecule has 5 heteroatoms. The normalized spacial score (nSPS) is 11.6. The van der Waals surface area contributed by atoms with Crippen LogP contribution in [0.5, 0.6) is 0 Å². The number of nitrogens with one attached hydrogen (secondary N) is 1. The molecule has 0 aliphatic heterocycles. The molecule has 124 valence electrons. The first-order chi connectivity index (χ1) is 12.1. The van der Waals surface area contributed by atoms with Crippen molar-refractivity contribution in [1.29, 1.82) is 0 Å². The van der Waals surface area contributed by atoms with Crippen LogP contribution in [-0.2, 0) is 7.05 Å². The van der Waals surface area contributed by atoms with Gasteiger partial charge in [0.2, 0.25) is 0 Å². The van der Waals surface area contributed by atoms with Gasteiger partial charge in [-0.3, -0.25) is 0 Å². The topological polar surface area (TPSA) is 49.3 Å². The number of azo groups is 1. The van der Waals surface area contributed by atoms with Gasteiger partial charge in [0.05, 0.1) is 16.9 Å². The Labute approximate surface area is 146 Å². The summed E-state index contributed by atoms with van der Waals surface area (Å²) in [5.41, 5.74) is 5.16. The summed E-state index contributed by atoms with van der Waals surface area (Å²) in [5, 5.41) is 10.2. The molecule has 0 bridgehead atoms. The first-order valence-electron chi connectivity index (χ1n) is 8.28. The zero-order valence-electron chi connectivity index (χ0n) is 14.6. The second kappa shape index (κ2) is 6.02. The van der Waals surface area contributed by atoms with Gasteiger partial charge in [0.15, 0.2) is 5.69 Å². The Balaban J connectivity index is 1.82. The van der Waals surface area contributed by atoms with Crippen LogP contribution in [0.1, 0.15) is 11.4 Å². The van der Waals surface area contributed by atoms with Gasteiger partial charge in [-0.15, -0.1) is 4.68 Å². The van der Waals surface area contributed by atoms with E-state index >= 15 is 0 Å². The van der Waals surface area contributed by atoms with E-state index in [0.717, 1.165) is 39.5 Å². The number of aromatic amines is 1. The Morgan fingerprint density at radius 1 is 0.920 bits per heavy atom. The maximum atomic E-state index is 4.56. The fourth-order valence-corrected chi connectivity index (χ4v) is 3.09. The Kier molecular flexibility index (Phi) is 3.69. The summed E-state index contributed by atoms with van der Waals surface area (Å²) in [6.07, 6.45) is 0. The van der Waals surface area contributed by atoms with E-state index in [1.807, 2.05) is 50.4 Å². The summed E-state index contributed by atoms with van der Waals surface area (Å²) in [5.74, 6) is 0.802. The average Bonchev–Trinajstić information content (AvgIpc) is 3.10. The van der Waals surface area contributed by atoms with E-state index in [9.17, 15) is 0 Å². The number of fused-ring (bicyclic) bond motifs is 1. The third kappa shape index (κ3) is 2.63. The second-order valence-corrected chi connectivity index (χ2v) is 6.16. The second-order valence-electron chi connectivity index (χ2n) is 6.16. The molecule has 0 saturated heterocycles. The lowest BCUT2D eigenvalue weighted by molar-refractivity contribution is -0.670. The fraction of sp³-hybridized carbons (Fsp3) is 0.150. The molecule has 0 aliphatic rings. The Morgan fingerprint density at radius 2 is 1.64 bits per heavy atom. The molecular formula is C20H20N5+. The summed E-state index contributed by atoms with van der Waals surface area (Å²) >= 11 is 0. The number of hydrogen-bond donors (Lipinski definition) is 1. The summed E-state index contributed by atoms with van der Waals surface area (Å²) in [6.45, 7) is 4.09. The predicted octanol–water partition coefficient (Wildman–Crippen LogP) is 4.82. The van der Waals surface area contributed by atoms with Crippen LogP contribution >= 0.6 is 0 Å². The molecule has 0 radical (unpaired) electrons. The van der Waals surface area contributed by atoms with Crippen molar-refractivity contribution in [3.8, 4) is 5.69 Å². The van der Waals surface area contributed by atoms with Crippen LogP contribution in [0.25, 0.3) is 16.6 Å². The highest BCUT2D eigenvalue weighted by atomic mass is 15.4. The minimum atomic E-state index is 0.802. The lowest BCUT2D eigenvalue weighted by Crippen LogP contribution is -2.39. The van der Waals surface area contributed by atoms with Crippen molar-refractivity contribution in [3.05, 3.63) is 72.1 Å². The quantitative estimate of drug-likeness (QED) is 0.414. The standard InChI is InChI=1S/C20H19N5/c1-14-13-19(25(24(14)3)16-9-5-4-6-10-16)22-23-20-15(2)21-18-12-8-7-11-17(18)20/h4-13H,1-3H3/p+1. The van der Waals surface area contributed by atoms with Crippen molar-refractivity contribution in [1.82, 2.24) is 9.67 Å². The molecule has 5 nitrogen and oxygen atoms in total. The van der Waals surface area contributed by atoms with E-state index in [1.54, 1.807) is 0 Å². The minimum Gasteiger partial charge on any atom is -0.357 e. The molecule has 0 spiro atoms. The highest BCUT2D eigenvalue weighted by molar-refractivity contribution is 5.92. The Morgan fingerprint density at radius 3 is 2.44 bits per heavy atom. The molecule has 4 rings (SSSR count). The van der Waals surface area contributed by atoms with Crippen LogP contribution in [0, 0.1) is 13.8 Å². The van der Waals surface area contributed by atoms with Gasteiger partial charge in [-0.05, 0) is 37.2 Å². The van der Waals surface area contributed by atoms with Crippen molar-refractivity contribution in [3.63, 3.8) is 0 Å². The predicted molar refractivity (Wildman–Crippen MR) is 98.9 cm³/mol. The van der Waals surface area contributed by atoms with Gasteiger partial charge < -0.3 is 4.98 Å². The highest BCUT2D eigenvalue weighted by Crippen LogP contribution is 2.31. The molecule has 0 fully saturated rings. The zero-order chi connectivity index (χ0) is 17.4. The molecular weight excluding hydrogens is 310 g/mol. The van der Waals surface area contributed by atoms with Crippen LogP contribution in [0.2, 0.25) is 0 Å². The van der Waals surface area contributed by atoms with Crippen molar-refractivity contribution in [2.45, 2.75) is 13.8 Å². The van der Waals surface area contributed by atoms with Gasteiger partial charge in [0, 0.05) is 23.6 Å². The lowest BCUT2D eigenvalue weighted by atomic mass is 10.2. The monoisotopic (exact) mass is 330 g/mol. The fourth-order valence-electron chi connectivity index (χ4n) is 3.09. The zero-order valence-corrected chi connectivity index (χ0v) is 14.6. The largest absolute Gasteiger partial charge is 0.376 e. The van der Waals surface area contributed by atoms with E-state index in [2.05, 4.69) is 55.8 Å². The van der Waals surface area contributed by atoms with Gasteiger partial charge in [-0.1, -0.05) is 36.4 Å². The smallest absolute Gasteiger partial charge is 0.357 e. The maximum Gasteiger partial charge on any atom is 0.376 e. The SMILES string of the molecule is Cc1[nH]c2ccccc2c1N=Nc1cc(C)n(C)[n+]1-c1ccccc1. The first-order valence-corrected chi connectivity index (χ1v) is 8.28.